The molecule has 0 amide bonds. The van der Waals surface area contributed by atoms with Gasteiger partial charge in [0.1, 0.15) is 0 Å². The lowest BCUT2D eigenvalue weighted by Crippen LogP contribution is -2.08. The number of pyridine rings is 1. The van der Waals surface area contributed by atoms with Crippen LogP contribution in [-0.4, -0.2) is 33.4 Å². The first kappa shape index (κ1) is 21.5. The summed E-state index contributed by atoms with van der Waals surface area (Å²) < 4.78 is 2.03. The van der Waals surface area contributed by atoms with Crippen molar-refractivity contribution in [2.45, 2.75) is 13.8 Å². The average molecular weight is 387 g/mol. The quantitative estimate of drug-likeness (QED) is 0.507. The third-order valence-corrected chi connectivity index (χ3v) is 4.03. The maximum absolute atomic E-state index is 4.56. The van der Waals surface area contributed by atoms with Crippen LogP contribution in [0.4, 0.5) is 17.2 Å². The number of terminal acetylenes is 1. The highest BCUT2D eigenvalue weighted by Crippen LogP contribution is 2.26. The molecule has 0 spiro atoms. The number of rotatable bonds is 4. The monoisotopic (exact) mass is 386 g/mol. The van der Waals surface area contributed by atoms with Gasteiger partial charge < -0.3 is 10.2 Å². The summed E-state index contributed by atoms with van der Waals surface area (Å²) in [7, 11) is 4.04. The second-order valence-electron chi connectivity index (χ2n) is 5.92. The van der Waals surface area contributed by atoms with E-state index >= 15 is 0 Å². The van der Waals surface area contributed by atoms with Crippen molar-refractivity contribution >= 4 is 22.8 Å². The largest absolute Gasteiger partial charge is 0.378 e. The number of hydrogen-bond donors (Lipinski definition) is 1. The Bertz CT molecular complexity index is 1050. The number of aromatic nitrogens is 4. The van der Waals surface area contributed by atoms with Gasteiger partial charge in [-0.15, -0.1) is 12.8 Å². The lowest BCUT2D eigenvalue weighted by atomic mass is 10.2. The van der Waals surface area contributed by atoms with E-state index < -0.39 is 0 Å². The first-order valence-electron chi connectivity index (χ1n) is 9.32. The Morgan fingerprint density at radius 3 is 2.38 bits per heavy atom. The summed E-state index contributed by atoms with van der Waals surface area (Å²) in [6.07, 6.45) is 17.1. The molecule has 3 aromatic heterocycles. The van der Waals surface area contributed by atoms with Crippen molar-refractivity contribution in [1.82, 2.24) is 19.4 Å². The maximum Gasteiger partial charge on any atom is 0.180 e. The zero-order chi connectivity index (χ0) is 21.2. The minimum absolute atomic E-state index is 0.721. The van der Waals surface area contributed by atoms with E-state index in [2.05, 4.69) is 50.1 Å². The van der Waals surface area contributed by atoms with Crippen LogP contribution in [0.15, 0.2) is 67.4 Å². The normalized spacial score (nSPS) is 9.59. The number of nitrogens with one attached hydrogen (secondary N) is 1. The maximum atomic E-state index is 4.56. The van der Waals surface area contributed by atoms with Gasteiger partial charge in [-0.3, -0.25) is 9.38 Å². The molecule has 0 bridgehead atoms. The first-order chi connectivity index (χ1) is 14.2. The van der Waals surface area contributed by atoms with E-state index in [0.29, 0.717) is 0 Å². The van der Waals surface area contributed by atoms with Crippen molar-refractivity contribution in [2.24, 2.45) is 0 Å². The molecular weight excluding hydrogens is 360 g/mol. The summed E-state index contributed by atoms with van der Waals surface area (Å²) in [6, 6.07) is 12.1. The predicted octanol–water partition coefficient (Wildman–Crippen LogP) is 4.88. The number of nitrogens with zero attached hydrogens (tertiary/aromatic N) is 5. The van der Waals surface area contributed by atoms with Gasteiger partial charge >= 0.3 is 0 Å². The first-order valence-corrected chi connectivity index (χ1v) is 9.32. The van der Waals surface area contributed by atoms with Crippen molar-refractivity contribution in [3.63, 3.8) is 0 Å². The Balaban J connectivity index is 0.000000707. The summed E-state index contributed by atoms with van der Waals surface area (Å²) in [5.74, 6) is 0.721. The van der Waals surface area contributed by atoms with Gasteiger partial charge in [-0.2, -0.15) is 0 Å². The van der Waals surface area contributed by atoms with E-state index in [1.54, 1.807) is 18.6 Å². The molecule has 0 radical (unpaired) electrons. The van der Waals surface area contributed by atoms with Crippen LogP contribution in [-0.2, 0) is 0 Å². The van der Waals surface area contributed by atoms with E-state index in [4.69, 9.17) is 0 Å². The van der Waals surface area contributed by atoms with Crippen LogP contribution in [0.1, 0.15) is 13.8 Å². The topological polar surface area (TPSA) is 58.4 Å². The van der Waals surface area contributed by atoms with Gasteiger partial charge in [0.05, 0.1) is 11.9 Å². The van der Waals surface area contributed by atoms with Crippen molar-refractivity contribution in [3.05, 3.63) is 67.4 Å². The molecule has 1 N–H and O–H groups in total. The average Bonchev–Trinajstić information content (AvgIpc) is 3.23. The second-order valence-corrected chi connectivity index (χ2v) is 5.92. The Morgan fingerprint density at radius 1 is 0.966 bits per heavy atom. The fourth-order valence-corrected chi connectivity index (χ4v) is 2.74. The van der Waals surface area contributed by atoms with Crippen LogP contribution in [0.2, 0.25) is 0 Å². The molecule has 0 saturated heterocycles. The smallest absolute Gasteiger partial charge is 0.180 e. The fourth-order valence-electron chi connectivity index (χ4n) is 2.74. The number of anilines is 3. The Kier molecular flexibility index (Phi) is 7.75. The summed E-state index contributed by atoms with van der Waals surface area (Å²) in [5.41, 5.74) is 4.95. The van der Waals surface area contributed by atoms with Crippen LogP contribution in [0.5, 0.6) is 0 Å². The summed E-state index contributed by atoms with van der Waals surface area (Å²) >= 11 is 0. The Hall–Kier alpha value is -3.85. The highest BCUT2D eigenvalue weighted by Gasteiger charge is 2.10. The van der Waals surface area contributed by atoms with Gasteiger partial charge in [-0.05, 0) is 30.3 Å². The van der Waals surface area contributed by atoms with Crippen LogP contribution >= 0.6 is 0 Å². The lowest BCUT2D eigenvalue weighted by Gasteiger charge is -2.14. The molecule has 0 unspecified atom stereocenters. The molecule has 4 rings (SSSR count). The summed E-state index contributed by atoms with van der Waals surface area (Å²) in [6.45, 7) is 4.00. The highest BCUT2D eigenvalue weighted by molar-refractivity contribution is 5.75. The molecule has 1 aromatic carbocycles. The van der Waals surface area contributed by atoms with Gasteiger partial charge in [0, 0.05) is 55.8 Å². The SMILES string of the molecule is C#C.CC.CN(C)c1cccc(Nc2nccn3c(-c4ccncc4)cnc23)c1. The van der Waals surface area contributed by atoms with Crippen molar-refractivity contribution < 1.29 is 0 Å². The molecule has 0 aliphatic rings. The van der Waals surface area contributed by atoms with Crippen LogP contribution in [0, 0.1) is 12.8 Å². The molecule has 0 fully saturated rings. The number of imidazole rings is 1. The molecule has 6 nitrogen and oxygen atoms in total. The fraction of sp³-hybridized carbons (Fsp3) is 0.174. The third kappa shape index (κ3) is 4.90. The van der Waals surface area contributed by atoms with E-state index in [1.165, 1.54) is 0 Å². The molecule has 0 atom stereocenters. The predicted molar refractivity (Wildman–Crippen MR) is 122 cm³/mol. The third-order valence-electron chi connectivity index (χ3n) is 4.03. The van der Waals surface area contributed by atoms with Gasteiger partial charge in [0.15, 0.2) is 11.5 Å². The molecule has 0 aliphatic heterocycles. The summed E-state index contributed by atoms with van der Waals surface area (Å²) in [4.78, 5) is 15.2. The highest BCUT2D eigenvalue weighted by atomic mass is 15.1. The molecular formula is C23H26N6. The second kappa shape index (κ2) is 10.5. The van der Waals surface area contributed by atoms with E-state index in [0.717, 1.165) is 34.1 Å². The van der Waals surface area contributed by atoms with Crippen molar-refractivity contribution in [1.29, 1.82) is 0 Å². The molecule has 0 saturated carbocycles. The van der Waals surface area contributed by atoms with Crippen LogP contribution in [0.25, 0.3) is 16.9 Å². The molecule has 4 aromatic rings. The summed E-state index contributed by atoms with van der Waals surface area (Å²) in [5, 5.41) is 3.37. The van der Waals surface area contributed by atoms with Crippen LogP contribution in [0.3, 0.4) is 0 Å². The molecule has 148 valence electrons. The van der Waals surface area contributed by atoms with Crippen molar-refractivity contribution in [2.75, 3.05) is 24.3 Å². The lowest BCUT2D eigenvalue weighted by molar-refractivity contribution is 1.12. The minimum atomic E-state index is 0.721. The van der Waals surface area contributed by atoms with E-state index in [1.807, 2.05) is 69.0 Å². The number of benzene rings is 1. The molecule has 29 heavy (non-hydrogen) atoms. The Morgan fingerprint density at radius 2 is 1.69 bits per heavy atom. The van der Waals surface area contributed by atoms with E-state index in [9.17, 15) is 0 Å². The van der Waals surface area contributed by atoms with Gasteiger partial charge in [0.2, 0.25) is 0 Å². The zero-order valence-electron chi connectivity index (χ0n) is 17.2. The number of hydrogen-bond acceptors (Lipinski definition) is 5. The molecule has 0 aliphatic carbocycles. The van der Waals surface area contributed by atoms with E-state index in [-0.39, 0.29) is 0 Å². The standard InChI is InChI=1S/C19H18N6.C2H6.C2H2/c1-24(2)16-5-3-4-15(12-16)23-18-19-22-13-17(25(19)11-10-21-18)14-6-8-20-9-7-14;2*1-2/h3-13H,1-2H3,(H,21,23);1-2H3;1-2H. The van der Waals surface area contributed by atoms with Gasteiger partial charge in [0.25, 0.3) is 0 Å². The zero-order valence-corrected chi connectivity index (χ0v) is 17.2. The van der Waals surface area contributed by atoms with Crippen molar-refractivity contribution in [3.8, 4) is 24.1 Å². The van der Waals surface area contributed by atoms with Gasteiger partial charge in [-0.25, -0.2) is 9.97 Å². The van der Waals surface area contributed by atoms with Crippen LogP contribution < -0.4 is 10.2 Å². The van der Waals surface area contributed by atoms with Gasteiger partial charge in [-0.1, -0.05) is 19.9 Å². The minimum Gasteiger partial charge on any atom is -0.378 e. The molecule has 3 heterocycles. The molecule has 6 heteroatoms. The Labute approximate surface area is 172 Å². The number of fused-ring (bicyclic) bond motifs is 1.